The van der Waals surface area contributed by atoms with Crippen molar-refractivity contribution in [1.29, 1.82) is 0 Å². The van der Waals surface area contributed by atoms with Crippen LogP contribution in [0.15, 0.2) is 6.07 Å². The zero-order chi connectivity index (χ0) is 13.7. The maximum atomic E-state index is 5.45. The summed E-state index contributed by atoms with van der Waals surface area (Å²) in [6, 6.07) is 1.86. The fourth-order valence-corrected chi connectivity index (χ4v) is 2.44. The van der Waals surface area contributed by atoms with E-state index in [1.165, 1.54) is 13.0 Å². The fourth-order valence-electron chi connectivity index (χ4n) is 2.44. The molecular weight excluding hydrogens is 240 g/mol. The van der Waals surface area contributed by atoms with Crippen LogP contribution in [0.3, 0.4) is 0 Å². The highest BCUT2D eigenvalue weighted by Crippen LogP contribution is 2.16. The number of aryl methyl sites for hydroxylation is 1. The molecule has 6 heteroatoms. The third-order valence-corrected chi connectivity index (χ3v) is 3.45. The number of nitrogens with one attached hydrogen (secondary N) is 2. The zero-order valence-corrected chi connectivity index (χ0v) is 11.8. The highest BCUT2D eigenvalue weighted by molar-refractivity contribution is 5.46. The van der Waals surface area contributed by atoms with Crippen molar-refractivity contribution in [3.8, 4) is 0 Å². The summed E-state index contributed by atoms with van der Waals surface area (Å²) >= 11 is 0. The Kier molecular flexibility index (Phi) is 4.93. The van der Waals surface area contributed by atoms with Gasteiger partial charge in [-0.05, 0) is 32.4 Å². The van der Waals surface area contributed by atoms with Crippen molar-refractivity contribution in [2.75, 3.05) is 37.4 Å². The maximum absolute atomic E-state index is 5.45. The van der Waals surface area contributed by atoms with Crippen LogP contribution < -0.4 is 16.6 Å². The topological polar surface area (TPSA) is 79.1 Å². The van der Waals surface area contributed by atoms with Crippen LogP contribution in [0.4, 0.5) is 11.6 Å². The summed E-state index contributed by atoms with van der Waals surface area (Å²) in [5, 5.41) is 3.41. The molecule has 1 unspecified atom stereocenters. The van der Waals surface area contributed by atoms with Crippen molar-refractivity contribution in [3.05, 3.63) is 11.9 Å². The third-order valence-electron chi connectivity index (χ3n) is 3.45. The molecule has 6 nitrogen and oxygen atoms in total. The second-order valence-electron chi connectivity index (χ2n) is 5.25. The standard InChI is InChI=1S/C13H24N6/c1-3-4-11-16-12(7-13(17-11)18-14)15-8-10-5-6-19(2)9-10/h7,10H,3-6,8-9,14H2,1-2H3,(H2,15,16,17,18). The van der Waals surface area contributed by atoms with Crippen molar-refractivity contribution < 1.29 is 0 Å². The van der Waals surface area contributed by atoms with E-state index < -0.39 is 0 Å². The zero-order valence-electron chi connectivity index (χ0n) is 11.8. The summed E-state index contributed by atoms with van der Waals surface area (Å²) in [7, 11) is 2.17. The van der Waals surface area contributed by atoms with Crippen LogP contribution in [0.2, 0.25) is 0 Å². The molecule has 0 spiro atoms. The molecule has 2 rings (SSSR count). The molecule has 2 heterocycles. The molecule has 1 aliphatic heterocycles. The van der Waals surface area contributed by atoms with E-state index in [2.05, 4.69) is 39.6 Å². The lowest BCUT2D eigenvalue weighted by Crippen LogP contribution is -2.20. The van der Waals surface area contributed by atoms with Crippen molar-refractivity contribution in [1.82, 2.24) is 14.9 Å². The largest absolute Gasteiger partial charge is 0.370 e. The first-order valence-corrected chi connectivity index (χ1v) is 6.98. The summed E-state index contributed by atoms with van der Waals surface area (Å²) in [6.07, 6.45) is 3.15. The molecule has 0 aromatic carbocycles. The Balaban J connectivity index is 1.96. The number of aromatic nitrogens is 2. The van der Waals surface area contributed by atoms with Gasteiger partial charge in [0.15, 0.2) is 0 Å². The lowest BCUT2D eigenvalue weighted by molar-refractivity contribution is 0.399. The van der Waals surface area contributed by atoms with Gasteiger partial charge in [0.2, 0.25) is 0 Å². The van der Waals surface area contributed by atoms with Crippen LogP contribution in [0.25, 0.3) is 0 Å². The number of likely N-dealkylation sites (tertiary alicyclic amines) is 1. The van der Waals surface area contributed by atoms with E-state index in [0.717, 1.165) is 37.6 Å². The molecule has 0 aliphatic carbocycles. The van der Waals surface area contributed by atoms with Gasteiger partial charge in [0.25, 0.3) is 0 Å². The molecular formula is C13H24N6. The highest BCUT2D eigenvalue weighted by Gasteiger charge is 2.19. The molecule has 1 aliphatic rings. The third kappa shape index (κ3) is 4.04. The minimum atomic E-state index is 0.671. The van der Waals surface area contributed by atoms with Crippen molar-refractivity contribution >= 4 is 11.6 Å². The first-order chi connectivity index (χ1) is 9.21. The quantitative estimate of drug-likeness (QED) is 0.527. The summed E-state index contributed by atoms with van der Waals surface area (Å²) in [6.45, 7) is 5.42. The molecule has 0 bridgehead atoms. The number of hydrogen-bond acceptors (Lipinski definition) is 6. The second kappa shape index (κ2) is 6.68. The van der Waals surface area contributed by atoms with Gasteiger partial charge in [-0.2, -0.15) is 0 Å². The summed E-state index contributed by atoms with van der Waals surface area (Å²) in [5.41, 5.74) is 2.60. The smallest absolute Gasteiger partial charge is 0.145 e. The molecule has 4 N–H and O–H groups in total. The van der Waals surface area contributed by atoms with E-state index in [1.807, 2.05) is 6.07 Å². The van der Waals surface area contributed by atoms with E-state index in [1.54, 1.807) is 0 Å². The van der Waals surface area contributed by atoms with Gasteiger partial charge in [0, 0.05) is 25.6 Å². The highest BCUT2D eigenvalue weighted by atomic mass is 15.3. The molecule has 1 saturated heterocycles. The Morgan fingerprint density at radius 3 is 2.84 bits per heavy atom. The van der Waals surface area contributed by atoms with Crippen LogP contribution in [0.5, 0.6) is 0 Å². The van der Waals surface area contributed by atoms with E-state index in [-0.39, 0.29) is 0 Å². The van der Waals surface area contributed by atoms with Crippen LogP contribution in [-0.4, -0.2) is 41.5 Å². The number of nitrogens with zero attached hydrogens (tertiary/aromatic N) is 3. The molecule has 1 aromatic heterocycles. The van der Waals surface area contributed by atoms with Crippen molar-refractivity contribution in [2.45, 2.75) is 26.2 Å². The Labute approximate surface area is 114 Å². The molecule has 1 atom stereocenters. The maximum Gasteiger partial charge on any atom is 0.145 e. The summed E-state index contributed by atoms with van der Waals surface area (Å²) in [5.74, 6) is 8.51. The second-order valence-corrected chi connectivity index (χ2v) is 5.25. The SMILES string of the molecule is CCCc1nc(NN)cc(NCC2CCN(C)C2)n1. The number of anilines is 2. The molecule has 106 valence electrons. The molecule has 0 radical (unpaired) electrons. The van der Waals surface area contributed by atoms with E-state index in [0.29, 0.717) is 11.7 Å². The Morgan fingerprint density at radius 2 is 2.21 bits per heavy atom. The van der Waals surface area contributed by atoms with Gasteiger partial charge in [-0.1, -0.05) is 6.92 Å². The monoisotopic (exact) mass is 264 g/mol. The molecule has 0 saturated carbocycles. The average Bonchev–Trinajstić information content (AvgIpc) is 2.82. The predicted octanol–water partition coefficient (Wildman–Crippen LogP) is 1.08. The Bertz CT molecular complexity index is 408. The van der Waals surface area contributed by atoms with Crippen LogP contribution in [0.1, 0.15) is 25.6 Å². The van der Waals surface area contributed by atoms with Crippen molar-refractivity contribution in [3.63, 3.8) is 0 Å². The number of nitrogen functional groups attached to an aromatic ring is 1. The van der Waals surface area contributed by atoms with Crippen LogP contribution in [-0.2, 0) is 6.42 Å². The van der Waals surface area contributed by atoms with E-state index in [4.69, 9.17) is 5.84 Å². The first kappa shape index (κ1) is 14.0. The molecule has 1 fully saturated rings. The van der Waals surface area contributed by atoms with Crippen molar-refractivity contribution in [2.24, 2.45) is 11.8 Å². The normalized spacial score (nSPS) is 19.6. The van der Waals surface area contributed by atoms with Gasteiger partial charge in [0.1, 0.15) is 17.5 Å². The lowest BCUT2D eigenvalue weighted by Gasteiger charge is -2.13. The van der Waals surface area contributed by atoms with Gasteiger partial charge >= 0.3 is 0 Å². The van der Waals surface area contributed by atoms with Gasteiger partial charge in [-0.25, -0.2) is 15.8 Å². The number of rotatable bonds is 6. The van der Waals surface area contributed by atoms with Crippen LogP contribution in [0, 0.1) is 5.92 Å². The van der Waals surface area contributed by atoms with Crippen LogP contribution >= 0.6 is 0 Å². The number of hydrogen-bond donors (Lipinski definition) is 3. The number of hydrazine groups is 1. The minimum Gasteiger partial charge on any atom is -0.370 e. The van der Waals surface area contributed by atoms with Gasteiger partial charge in [-0.3, -0.25) is 0 Å². The summed E-state index contributed by atoms with van der Waals surface area (Å²) < 4.78 is 0. The lowest BCUT2D eigenvalue weighted by atomic mass is 10.1. The summed E-state index contributed by atoms with van der Waals surface area (Å²) in [4.78, 5) is 11.2. The molecule has 19 heavy (non-hydrogen) atoms. The van der Waals surface area contributed by atoms with Gasteiger partial charge < -0.3 is 15.6 Å². The average molecular weight is 264 g/mol. The predicted molar refractivity (Wildman–Crippen MR) is 77.9 cm³/mol. The minimum absolute atomic E-state index is 0.671. The van der Waals surface area contributed by atoms with Gasteiger partial charge in [0.05, 0.1) is 0 Å². The number of nitrogens with two attached hydrogens (primary N) is 1. The molecule has 0 amide bonds. The van der Waals surface area contributed by atoms with E-state index >= 15 is 0 Å². The Morgan fingerprint density at radius 1 is 1.42 bits per heavy atom. The fraction of sp³-hybridized carbons (Fsp3) is 0.692. The Hall–Kier alpha value is -1.40. The van der Waals surface area contributed by atoms with Gasteiger partial charge in [-0.15, -0.1) is 0 Å². The molecule has 1 aromatic rings. The van der Waals surface area contributed by atoms with E-state index in [9.17, 15) is 0 Å². The first-order valence-electron chi connectivity index (χ1n) is 6.98.